The second-order valence-electron chi connectivity index (χ2n) is 5.69. The number of likely N-dealkylation sites (tertiary alicyclic amines) is 1. The van der Waals surface area contributed by atoms with Gasteiger partial charge in [-0.2, -0.15) is 13.2 Å². The number of amides is 2. The molecule has 2 amide bonds. The van der Waals surface area contributed by atoms with E-state index in [2.05, 4.69) is 5.32 Å². The van der Waals surface area contributed by atoms with Gasteiger partial charge in [0.05, 0.1) is 23.7 Å². The lowest BCUT2D eigenvalue weighted by Gasteiger charge is -2.19. The number of halogens is 3. The number of benzene rings is 1. The van der Waals surface area contributed by atoms with E-state index in [4.69, 9.17) is 4.74 Å². The molecule has 0 unspecified atom stereocenters. The van der Waals surface area contributed by atoms with Gasteiger partial charge in [0.15, 0.2) is 0 Å². The molecule has 2 atom stereocenters. The van der Waals surface area contributed by atoms with Crippen molar-refractivity contribution in [3.05, 3.63) is 35.4 Å². The van der Waals surface area contributed by atoms with Gasteiger partial charge in [0.25, 0.3) is 5.91 Å². The molecule has 1 aliphatic heterocycles. The highest BCUT2D eigenvalue weighted by Gasteiger charge is 2.42. The fourth-order valence-corrected chi connectivity index (χ4v) is 2.99. The summed E-state index contributed by atoms with van der Waals surface area (Å²) in [6.45, 7) is 0.498. The largest absolute Gasteiger partial charge is 0.417 e. The molecule has 1 aromatic carbocycles. The third-order valence-corrected chi connectivity index (χ3v) is 4.16. The van der Waals surface area contributed by atoms with Gasteiger partial charge in [-0.15, -0.1) is 0 Å². The van der Waals surface area contributed by atoms with Crippen LogP contribution in [0.15, 0.2) is 24.3 Å². The quantitative estimate of drug-likeness (QED) is 0.906. The molecule has 24 heavy (non-hydrogen) atoms. The van der Waals surface area contributed by atoms with E-state index < -0.39 is 29.1 Å². The molecule has 132 valence electrons. The first-order chi connectivity index (χ1) is 11.3. The van der Waals surface area contributed by atoms with E-state index in [0.717, 1.165) is 12.1 Å². The van der Waals surface area contributed by atoms with Gasteiger partial charge in [-0.3, -0.25) is 9.59 Å². The van der Waals surface area contributed by atoms with Crippen molar-refractivity contribution in [2.24, 2.45) is 11.8 Å². The van der Waals surface area contributed by atoms with Crippen molar-refractivity contribution in [1.82, 2.24) is 10.2 Å². The standard InChI is InChI=1S/C16H19F3N2O3/c1-20-14(22)12-8-21(7-10(12)9-24-2)15(23)11-5-3-4-6-13(11)16(17,18)19/h3-6,10,12H,7-9H2,1-2H3,(H,20,22)/t10-,12+/m0/s1. The van der Waals surface area contributed by atoms with Gasteiger partial charge in [0.1, 0.15) is 0 Å². The second kappa shape index (κ2) is 7.21. The highest BCUT2D eigenvalue weighted by Crippen LogP contribution is 2.33. The molecular weight excluding hydrogens is 325 g/mol. The molecule has 0 aliphatic carbocycles. The number of carbonyl (C=O) groups is 2. The molecule has 8 heteroatoms. The molecular formula is C16H19F3N2O3. The van der Waals surface area contributed by atoms with Gasteiger partial charge >= 0.3 is 6.18 Å². The minimum atomic E-state index is -4.61. The van der Waals surface area contributed by atoms with E-state index >= 15 is 0 Å². The maximum atomic E-state index is 13.1. The zero-order valence-corrected chi connectivity index (χ0v) is 13.4. The first-order valence-electron chi connectivity index (χ1n) is 7.45. The summed E-state index contributed by atoms with van der Waals surface area (Å²) in [5.41, 5.74) is -1.37. The lowest BCUT2D eigenvalue weighted by Crippen LogP contribution is -2.35. The molecule has 1 aromatic rings. The number of nitrogens with one attached hydrogen (secondary N) is 1. The highest BCUT2D eigenvalue weighted by molar-refractivity contribution is 5.96. The van der Waals surface area contributed by atoms with Crippen LogP contribution in [0.5, 0.6) is 0 Å². The zero-order chi connectivity index (χ0) is 17.9. The van der Waals surface area contributed by atoms with Crippen LogP contribution in [0.4, 0.5) is 13.2 Å². The summed E-state index contributed by atoms with van der Waals surface area (Å²) in [4.78, 5) is 25.8. The zero-order valence-electron chi connectivity index (χ0n) is 13.4. The number of rotatable bonds is 4. The maximum Gasteiger partial charge on any atom is 0.417 e. The Morgan fingerprint density at radius 2 is 1.96 bits per heavy atom. The first-order valence-corrected chi connectivity index (χ1v) is 7.45. The molecule has 0 spiro atoms. The summed E-state index contributed by atoms with van der Waals surface area (Å²) in [7, 11) is 2.96. The lowest BCUT2D eigenvalue weighted by atomic mass is 9.96. The predicted molar refractivity (Wildman–Crippen MR) is 80.3 cm³/mol. The van der Waals surface area contributed by atoms with E-state index in [1.54, 1.807) is 0 Å². The van der Waals surface area contributed by atoms with Gasteiger partial charge in [-0.05, 0) is 12.1 Å². The van der Waals surface area contributed by atoms with E-state index in [-0.39, 0.29) is 31.5 Å². The Hall–Kier alpha value is -2.09. The van der Waals surface area contributed by atoms with Gasteiger partial charge < -0.3 is 15.0 Å². The van der Waals surface area contributed by atoms with Gasteiger partial charge in [0.2, 0.25) is 5.91 Å². The molecule has 2 rings (SSSR count). The van der Waals surface area contributed by atoms with Crippen LogP contribution in [-0.2, 0) is 15.7 Å². The molecule has 1 heterocycles. The van der Waals surface area contributed by atoms with E-state index in [1.807, 2.05) is 0 Å². The van der Waals surface area contributed by atoms with Crippen molar-refractivity contribution >= 4 is 11.8 Å². The van der Waals surface area contributed by atoms with Crippen molar-refractivity contribution in [3.63, 3.8) is 0 Å². The van der Waals surface area contributed by atoms with Gasteiger partial charge in [-0.25, -0.2) is 0 Å². The van der Waals surface area contributed by atoms with E-state index in [0.29, 0.717) is 0 Å². The van der Waals surface area contributed by atoms with Crippen molar-refractivity contribution in [3.8, 4) is 0 Å². The van der Waals surface area contributed by atoms with E-state index in [9.17, 15) is 22.8 Å². The van der Waals surface area contributed by atoms with Crippen LogP contribution in [0.1, 0.15) is 15.9 Å². The number of methoxy groups -OCH3 is 1. The van der Waals surface area contributed by atoms with Crippen molar-refractivity contribution < 1.29 is 27.5 Å². The third-order valence-electron chi connectivity index (χ3n) is 4.16. The Balaban J connectivity index is 2.27. The molecule has 1 saturated heterocycles. The SMILES string of the molecule is CNC(=O)[C@@H]1CN(C(=O)c2ccccc2C(F)(F)F)C[C@H]1COC. The average molecular weight is 344 g/mol. The Kier molecular flexibility index (Phi) is 5.48. The number of hydrogen-bond donors (Lipinski definition) is 1. The van der Waals surface area contributed by atoms with Crippen LogP contribution in [0.2, 0.25) is 0 Å². The minimum Gasteiger partial charge on any atom is -0.384 e. The topological polar surface area (TPSA) is 58.6 Å². The highest BCUT2D eigenvalue weighted by atomic mass is 19.4. The molecule has 0 aromatic heterocycles. The summed E-state index contributed by atoms with van der Waals surface area (Å²) in [6.07, 6.45) is -4.61. The van der Waals surface area contributed by atoms with Crippen LogP contribution >= 0.6 is 0 Å². The Labute approximate surface area is 137 Å². The van der Waals surface area contributed by atoms with Crippen molar-refractivity contribution in [2.45, 2.75) is 6.18 Å². The fourth-order valence-electron chi connectivity index (χ4n) is 2.99. The molecule has 1 N–H and O–H groups in total. The summed E-state index contributed by atoms with van der Waals surface area (Å²) in [5.74, 6) is -1.74. The number of nitrogens with zero attached hydrogens (tertiary/aromatic N) is 1. The van der Waals surface area contributed by atoms with Crippen LogP contribution in [0, 0.1) is 11.8 Å². The lowest BCUT2D eigenvalue weighted by molar-refractivity contribution is -0.138. The molecule has 0 radical (unpaired) electrons. The summed E-state index contributed by atoms with van der Waals surface area (Å²) in [6, 6.07) is 4.67. The smallest absolute Gasteiger partial charge is 0.384 e. The summed E-state index contributed by atoms with van der Waals surface area (Å²) < 4.78 is 44.4. The van der Waals surface area contributed by atoms with Gasteiger partial charge in [-0.1, -0.05) is 12.1 Å². The molecule has 0 bridgehead atoms. The fraction of sp³-hybridized carbons (Fsp3) is 0.500. The predicted octanol–water partition coefficient (Wildman–Crippen LogP) is 1.79. The molecule has 1 aliphatic rings. The molecule has 0 saturated carbocycles. The number of ether oxygens (including phenoxy) is 1. The number of hydrogen-bond acceptors (Lipinski definition) is 3. The van der Waals surface area contributed by atoms with Gasteiger partial charge in [0, 0.05) is 33.2 Å². The normalized spacial score (nSPS) is 21.0. The monoisotopic (exact) mass is 344 g/mol. The van der Waals surface area contributed by atoms with Crippen molar-refractivity contribution in [1.29, 1.82) is 0 Å². The van der Waals surface area contributed by atoms with E-state index in [1.165, 1.54) is 31.2 Å². The first kappa shape index (κ1) is 18.3. The molecule has 5 nitrogen and oxygen atoms in total. The van der Waals surface area contributed by atoms with Crippen molar-refractivity contribution in [2.75, 3.05) is 33.9 Å². The van der Waals surface area contributed by atoms with Crippen LogP contribution in [0.3, 0.4) is 0 Å². The summed E-state index contributed by atoms with van der Waals surface area (Å²) in [5, 5.41) is 2.52. The van der Waals surface area contributed by atoms with Crippen LogP contribution in [-0.4, -0.2) is 50.6 Å². The van der Waals surface area contributed by atoms with Crippen LogP contribution < -0.4 is 5.32 Å². The Morgan fingerprint density at radius 3 is 2.54 bits per heavy atom. The Bertz CT molecular complexity index is 619. The Morgan fingerprint density at radius 1 is 1.29 bits per heavy atom. The minimum absolute atomic E-state index is 0.0682. The summed E-state index contributed by atoms with van der Waals surface area (Å²) >= 11 is 0. The van der Waals surface area contributed by atoms with Crippen LogP contribution in [0.25, 0.3) is 0 Å². The number of carbonyl (C=O) groups excluding carboxylic acids is 2. The maximum absolute atomic E-state index is 13.1. The third kappa shape index (κ3) is 3.69. The second-order valence-corrected chi connectivity index (χ2v) is 5.69. The average Bonchev–Trinajstić information content (AvgIpc) is 2.97. The number of alkyl halides is 3. The molecule has 1 fully saturated rings.